The first-order chi connectivity index (χ1) is 17.9. The topological polar surface area (TPSA) is 66.8 Å². The second-order valence-corrected chi connectivity index (χ2v) is 9.69. The Morgan fingerprint density at radius 1 is 0.811 bits per heavy atom. The van der Waals surface area contributed by atoms with Crippen LogP contribution in [0.3, 0.4) is 0 Å². The molecule has 0 spiro atoms. The number of rotatable bonds is 17. The zero-order chi connectivity index (χ0) is 27.2. The quantitative estimate of drug-likeness (QED) is 0.133. The van der Waals surface area contributed by atoms with Gasteiger partial charge in [-0.2, -0.15) is 0 Å². The van der Waals surface area contributed by atoms with Crippen molar-refractivity contribution in [2.75, 3.05) is 24.6 Å². The number of unbranched alkanes of at least 4 members (excludes halogenated alkanes) is 6. The number of carbonyl (C=O) groups excluding carboxylic acids is 2. The predicted octanol–water partition coefficient (Wildman–Crippen LogP) is 7.89. The molecule has 37 heavy (non-hydrogen) atoms. The van der Waals surface area contributed by atoms with E-state index in [9.17, 15) is 14.7 Å². The molecule has 0 bridgehead atoms. The van der Waals surface area contributed by atoms with Crippen LogP contribution in [-0.4, -0.2) is 36.6 Å². The Balaban J connectivity index is 2.51. The van der Waals surface area contributed by atoms with Gasteiger partial charge in [0.15, 0.2) is 5.78 Å². The molecule has 0 atom stereocenters. The van der Waals surface area contributed by atoms with E-state index in [2.05, 4.69) is 39.5 Å². The first-order valence-electron chi connectivity index (χ1n) is 14.4. The summed E-state index contributed by atoms with van der Waals surface area (Å²) in [5.41, 5.74) is 3.76. The first-order valence-corrected chi connectivity index (χ1v) is 14.4. The van der Waals surface area contributed by atoms with Gasteiger partial charge in [0.25, 0.3) is 0 Å². The summed E-state index contributed by atoms with van der Waals surface area (Å²) in [6, 6.07) is 8.90. The van der Waals surface area contributed by atoms with E-state index in [-0.39, 0.29) is 17.1 Å². The zero-order valence-electron chi connectivity index (χ0n) is 23.7. The van der Waals surface area contributed by atoms with Crippen molar-refractivity contribution in [2.24, 2.45) is 0 Å². The minimum atomic E-state index is -0.462. The largest absolute Gasteiger partial charge is 0.507 e. The molecule has 0 aromatic heterocycles. The van der Waals surface area contributed by atoms with Crippen molar-refractivity contribution in [3.8, 4) is 5.75 Å². The molecule has 0 aliphatic rings. The highest BCUT2D eigenvalue weighted by molar-refractivity contribution is 6.17. The van der Waals surface area contributed by atoms with Crippen LogP contribution in [0, 0.1) is 0 Å². The van der Waals surface area contributed by atoms with E-state index in [1.54, 1.807) is 18.2 Å². The fourth-order valence-electron chi connectivity index (χ4n) is 4.87. The predicted molar refractivity (Wildman–Crippen MR) is 153 cm³/mol. The molecule has 204 valence electrons. The Morgan fingerprint density at radius 3 is 2.05 bits per heavy atom. The second-order valence-electron chi connectivity index (χ2n) is 9.69. The number of phenolic OH excluding ortho intramolecular Hbond substituents is 1. The fraction of sp³-hybridized carbons (Fsp3) is 0.562. The van der Waals surface area contributed by atoms with E-state index < -0.39 is 5.97 Å². The molecule has 0 unspecified atom stereocenters. The number of aromatic hydroxyl groups is 1. The highest BCUT2D eigenvalue weighted by Gasteiger charge is 2.26. The van der Waals surface area contributed by atoms with E-state index in [1.807, 2.05) is 12.1 Å². The van der Waals surface area contributed by atoms with Crippen molar-refractivity contribution >= 4 is 17.4 Å². The van der Waals surface area contributed by atoms with E-state index in [0.29, 0.717) is 17.7 Å². The van der Waals surface area contributed by atoms with E-state index in [4.69, 9.17) is 4.74 Å². The summed E-state index contributed by atoms with van der Waals surface area (Å²) in [6.45, 7) is 12.5. The van der Waals surface area contributed by atoms with Gasteiger partial charge < -0.3 is 14.7 Å². The molecule has 5 heteroatoms. The van der Waals surface area contributed by atoms with Gasteiger partial charge in [-0.3, -0.25) is 4.79 Å². The average molecular weight is 510 g/mol. The van der Waals surface area contributed by atoms with Gasteiger partial charge in [0, 0.05) is 30.4 Å². The van der Waals surface area contributed by atoms with Crippen LogP contribution >= 0.6 is 0 Å². The SMILES string of the molecule is CCCCCCOC(=O)c1ccc(CC)c(CCCCCC)c1C(=O)c1ccc(N(CC)CC)cc1O. The number of anilines is 1. The lowest BCUT2D eigenvalue weighted by Gasteiger charge is -2.22. The molecular formula is C32H47NO4. The Bertz CT molecular complexity index is 1010. The van der Waals surface area contributed by atoms with Gasteiger partial charge in [0.2, 0.25) is 0 Å². The number of benzene rings is 2. The summed E-state index contributed by atoms with van der Waals surface area (Å²) in [4.78, 5) is 29.4. The van der Waals surface area contributed by atoms with Gasteiger partial charge in [-0.1, -0.05) is 65.4 Å². The Morgan fingerprint density at radius 2 is 1.46 bits per heavy atom. The first kappa shape index (κ1) is 30.4. The number of ketones is 1. The molecule has 0 saturated heterocycles. The Labute approximate surface area is 224 Å². The van der Waals surface area contributed by atoms with Crippen molar-refractivity contribution in [1.82, 2.24) is 0 Å². The van der Waals surface area contributed by atoms with Crippen molar-refractivity contribution in [2.45, 2.75) is 98.8 Å². The third kappa shape index (κ3) is 8.34. The number of nitrogens with zero attached hydrogens (tertiary/aromatic N) is 1. The normalized spacial score (nSPS) is 10.9. The standard InChI is InChI=1S/C32H47NO4/c1-6-11-13-15-17-26-24(8-3)18-20-28(32(36)37-22-16-14-12-7-2)30(26)31(35)27-21-19-25(23-29(27)34)33(9-4)10-5/h18-21,23,34H,6-17,22H2,1-5H3. The van der Waals surface area contributed by atoms with E-state index >= 15 is 0 Å². The smallest absolute Gasteiger partial charge is 0.338 e. The summed E-state index contributed by atoms with van der Waals surface area (Å²) in [6.07, 6.45) is 9.82. The second kappa shape index (κ2) is 16.1. The van der Waals surface area contributed by atoms with Crippen LogP contribution in [0.15, 0.2) is 30.3 Å². The zero-order valence-corrected chi connectivity index (χ0v) is 23.7. The molecular weight excluding hydrogens is 462 g/mol. The molecule has 0 amide bonds. The summed E-state index contributed by atoms with van der Waals surface area (Å²) < 4.78 is 5.62. The third-order valence-corrected chi connectivity index (χ3v) is 7.10. The molecule has 0 saturated carbocycles. The van der Waals surface area contributed by atoms with Gasteiger partial charge in [0.1, 0.15) is 5.75 Å². The molecule has 0 heterocycles. The maximum Gasteiger partial charge on any atom is 0.338 e. The maximum atomic E-state index is 14.0. The van der Waals surface area contributed by atoms with Crippen molar-refractivity contribution in [3.05, 3.63) is 58.1 Å². The van der Waals surface area contributed by atoms with Crippen LogP contribution in [0.5, 0.6) is 5.75 Å². The van der Waals surface area contributed by atoms with Crippen LogP contribution < -0.4 is 4.90 Å². The minimum Gasteiger partial charge on any atom is -0.507 e. The van der Waals surface area contributed by atoms with Gasteiger partial charge in [0.05, 0.1) is 17.7 Å². The average Bonchev–Trinajstić information content (AvgIpc) is 2.90. The summed E-state index contributed by atoms with van der Waals surface area (Å²) in [5, 5.41) is 10.9. The van der Waals surface area contributed by atoms with Crippen LogP contribution in [0.4, 0.5) is 5.69 Å². The molecule has 5 nitrogen and oxygen atoms in total. The number of phenols is 1. The van der Waals surface area contributed by atoms with Gasteiger partial charge in [-0.15, -0.1) is 0 Å². The van der Waals surface area contributed by atoms with E-state index in [0.717, 1.165) is 94.1 Å². The number of carbonyl (C=O) groups is 2. The molecule has 1 N–H and O–H groups in total. The highest BCUT2D eigenvalue weighted by Crippen LogP contribution is 2.31. The number of hydrogen-bond acceptors (Lipinski definition) is 5. The van der Waals surface area contributed by atoms with Crippen LogP contribution in [0.1, 0.15) is 123 Å². The molecule has 2 aromatic carbocycles. The number of ether oxygens (including phenoxy) is 1. The number of esters is 1. The van der Waals surface area contributed by atoms with Gasteiger partial charge in [-0.25, -0.2) is 4.79 Å². The van der Waals surface area contributed by atoms with Crippen molar-refractivity contribution in [3.63, 3.8) is 0 Å². The van der Waals surface area contributed by atoms with E-state index in [1.165, 1.54) is 0 Å². The Kier molecular flexibility index (Phi) is 13.2. The van der Waals surface area contributed by atoms with Crippen molar-refractivity contribution in [1.29, 1.82) is 0 Å². The van der Waals surface area contributed by atoms with Gasteiger partial charge in [-0.05, 0) is 68.9 Å². The molecule has 0 aliphatic carbocycles. The summed E-state index contributed by atoms with van der Waals surface area (Å²) in [7, 11) is 0. The molecule has 0 radical (unpaired) electrons. The van der Waals surface area contributed by atoms with Crippen LogP contribution in [-0.2, 0) is 17.6 Å². The lowest BCUT2D eigenvalue weighted by molar-refractivity contribution is 0.0495. The van der Waals surface area contributed by atoms with Gasteiger partial charge >= 0.3 is 5.97 Å². The molecule has 0 fully saturated rings. The number of hydrogen-bond donors (Lipinski definition) is 1. The molecule has 2 rings (SSSR count). The maximum absolute atomic E-state index is 14.0. The lowest BCUT2D eigenvalue weighted by atomic mass is 9.86. The highest BCUT2D eigenvalue weighted by atomic mass is 16.5. The summed E-state index contributed by atoms with van der Waals surface area (Å²) in [5.74, 6) is -0.842. The molecule has 0 aliphatic heterocycles. The Hall–Kier alpha value is -2.82. The van der Waals surface area contributed by atoms with Crippen LogP contribution in [0.2, 0.25) is 0 Å². The third-order valence-electron chi connectivity index (χ3n) is 7.10. The van der Waals surface area contributed by atoms with Crippen LogP contribution in [0.25, 0.3) is 0 Å². The minimum absolute atomic E-state index is 0.0629. The fourth-order valence-corrected chi connectivity index (χ4v) is 4.87. The number of aryl methyl sites for hydroxylation is 1. The summed E-state index contributed by atoms with van der Waals surface area (Å²) >= 11 is 0. The monoisotopic (exact) mass is 509 g/mol. The lowest BCUT2D eigenvalue weighted by Crippen LogP contribution is -2.22. The molecule has 2 aromatic rings. The van der Waals surface area contributed by atoms with Crippen molar-refractivity contribution < 1.29 is 19.4 Å².